The summed E-state index contributed by atoms with van der Waals surface area (Å²) in [6, 6.07) is 3.82. The molecule has 0 bridgehead atoms. The molecule has 1 N–H and O–H groups in total. The first kappa shape index (κ1) is 25.1. The Hall–Kier alpha value is -3.86. The number of likely N-dealkylation sites (tertiary alicyclic amines) is 1. The standard InChI is InChI=1S/C29H33N7O4/c1-17(20-8-6-14-35(20)2)39-23-15-22(36-16-18-10-13-30-28(38)24(18)33-36)31-27(32-23)25-19-7-5-12-29(26(19)40-34-25)11-4-3-9-21(29)37/h10,13,15-17,20H,3-9,11-12,14H2,1-2H3,(H,30,38)/t17-,20-,29+/m0/s1. The molecule has 1 saturated heterocycles. The molecule has 3 atom stereocenters. The molecule has 4 aromatic heterocycles. The van der Waals surface area contributed by atoms with Crippen LogP contribution in [0.3, 0.4) is 0 Å². The Morgan fingerprint density at radius 3 is 2.85 bits per heavy atom. The van der Waals surface area contributed by atoms with Crippen LogP contribution in [0.25, 0.3) is 28.2 Å². The maximum absolute atomic E-state index is 13.2. The smallest absolute Gasteiger partial charge is 0.239 e. The molecular formula is C29H33N7O4. The van der Waals surface area contributed by atoms with Gasteiger partial charge in [-0.2, -0.15) is 10.1 Å². The average Bonchev–Trinajstić information content (AvgIpc) is 3.69. The lowest BCUT2D eigenvalue weighted by molar-refractivity contribution is -0.128. The van der Waals surface area contributed by atoms with Crippen LogP contribution < -0.4 is 4.74 Å². The number of ketones is 1. The lowest BCUT2D eigenvalue weighted by Gasteiger charge is -2.36. The number of Topliss-reactive ketones (excluding diaryl/α,β-unsaturated/α-hetero) is 1. The van der Waals surface area contributed by atoms with Gasteiger partial charge in [0.15, 0.2) is 28.6 Å². The first-order valence-electron chi connectivity index (χ1n) is 14.3. The Balaban J connectivity index is 1.33. The van der Waals surface area contributed by atoms with E-state index in [1.807, 2.05) is 0 Å². The predicted molar refractivity (Wildman–Crippen MR) is 145 cm³/mol. The molecule has 11 heteroatoms. The van der Waals surface area contributed by atoms with Crippen molar-refractivity contribution in [1.29, 1.82) is 0 Å². The minimum absolute atomic E-state index is 0.0950. The highest BCUT2D eigenvalue weighted by molar-refractivity contribution is 5.91. The van der Waals surface area contributed by atoms with Crippen LogP contribution in [-0.2, 0) is 16.6 Å². The summed E-state index contributed by atoms with van der Waals surface area (Å²) in [5, 5.41) is 20.0. The second-order valence-electron chi connectivity index (χ2n) is 11.5. The molecule has 0 aromatic carbocycles. The number of carbonyl (C=O) groups is 1. The molecule has 1 saturated carbocycles. The fourth-order valence-corrected chi connectivity index (χ4v) is 6.91. The van der Waals surface area contributed by atoms with E-state index in [-0.39, 0.29) is 23.8 Å². The molecule has 4 aromatic rings. The van der Waals surface area contributed by atoms with Crippen molar-refractivity contribution < 1.29 is 19.2 Å². The first-order chi connectivity index (χ1) is 19.4. The molecule has 2 aliphatic carbocycles. The molecule has 0 unspecified atom stereocenters. The summed E-state index contributed by atoms with van der Waals surface area (Å²) in [4.78, 5) is 29.1. The Morgan fingerprint density at radius 2 is 2.05 bits per heavy atom. The molecule has 11 nitrogen and oxygen atoms in total. The van der Waals surface area contributed by atoms with Gasteiger partial charge in [0.1, 0.15) is 11.9 Å². The Labute approximate surface area is 231 Å². The van der Waals surface area contributed by atoms with Crippen molar-refractivity contribution >= 4 is 16.7 Å². The molecule has 1 spiro atoms. The summed E-state index contributed by atoms with van der Waals surface area (Å²) in [5.74, 6) is 2.05. The van der Waals surface area contributed by atoms with E-state index in [1.165, 1.54) is 6.20 Å². The SMILES string of the molecule is C[C@H](Oc1cc(-n2cc3ccnc(O)c3n2)nc(-c2noc3c2CCC[C@@]32CCCCC2=O)n1)[C@@H]1CCCN1C. The highest BCUT2D eigenvalue weighted by Gasteiger charge is 2.48. The number of hydrogen-bond acceptors (Lipinski definition) is 10. The topological polar surface area (TPSA) is 132 Å². The molecule has 1 aliphatic heterocycles. The number of aromatic nitrogens is 6. The third-order valence-electron chi connectivity index (χ3n) is 9.01. The number of hydrogen-bond donors (Lipinski definition) is 1. The molecular weight excluding hydrogens is 510 g/mol. The fourth-order valence-electron chi connectivity index (χ4n) is 6.91. The molecule has 40 heavy (non-hydrogen) atoms. The zero-order valence-corrected chi connectivity index (χ0v) is 22.8. The summed E-state index contributed by atoms with van der Waals surface area (Å²) >= 11 is 0. The molecule has 3 aliphatic rings. The molecule has 5 heterocycles. The zero-order chi connectivity index (χ0) is 27.4. The van der Waals surface area contributed by atoms with Gasteiger partial charge in [0.25, 0.3) is 0 Å². The van der Waals surface area contributed by atoms with Gasteiger partial charge in [-0.3, -0.25) is 9.69 Å². The maximum Gasteiger partial charge on any atom is 0.239 e. The van der Waals surface area contributed by atoms with Crippen molar-refractivity contribution in [1.82, 2.24) is 34.8 Å². The summed E-state index contributed by atoms with van der Waals surface area (Å²) in [6.07, 6.45) is 11.2. The lowest BCUT2D eigenvalue weighted by atomic mass is 9.64. The van der Waals surface area contributed by atoms with Crippen molar-refractivity contribution in [2.45, 2.75) is 82.3 Å². The van der Waals surface area contributed by atoms with E-state index in [4.69, 9.17) is 19.2 Å². The minimum Gasteiger partial charge on any atom is -0.492 e. The molecule has 7 rings (SSSR count). The third-order valence-corrected chi connectivity index (χ3v) is 9.01. The van der Waals surface area contributed by atoms with Crippen LogP contribution in [0.5, 0.6) is 11.8 Å². The molecule has 0 radical (unpaired) electrons. The van der Waals surface area contributed by atoms with Gasteiger partial charge in [-0.1, -0.05) is 11.6 Å². The Kier molecular flexibility index (Phi) is 6.06. The number of ether oxygens (including phenoxy) is 1. The highest BCUT2D eigenvalue weighted by atomic mass is 16.5. The number of rotatable bonds is 5. The fraction of sp³-hybridized carbons (Fsp3) is 0.517. The van der Waals surface area contributed by atoms with Gasteiger partial charge in [-0.15, -0.1) is 0 Å². The number of carbonyl (C=O) groups excluding carboxylic acids is 1. The van der Waals surface area contributed by atoms with Crippen LogP contribution in [0.4, 0.5) is 0 Å². The van der Waals surface area contributed by atoms with E-state index in [0.717, 1.165) is 68.9 Å². The van der Waals surface area contributed by atoms with Crippen molar-refractivity contribution in [2.75, 3.05) is 13.6 Å². The van der Waals surface area contributed by atoms with Gasteiger partial charge < -0.3 is 14.4 Å². The largest absolute Gasteiger partial charge is 0.492 e. The van der Waals surface area contributed by atoms with Gasteiger partial charge >= 0.3 is 0 Å². The molecule has 0 amide bonds. The summed E-state index contributed by atoms with van der Waals surface area (Å²) in [7, 11) is 2.12. The van der Waals surface area contributed by atoms with E-state index >= 15 is 0 Å². The number of nitrogens with zero attached hydrogens (tertiary/aromatic N) is 7. The number of likely N-dealkylation sites (N-methyl/N-ethyl adjacent to an activating group) is 1. The lowest BCUT2D eigenvalue weighted by Crippen LogP contribution is -2.41. The van der Waals surface area contributed by atoms with Crippen molar-refractivity contribution in [2.24, 2.45) is 0 Å². The van der Waals surface area contributed by atoms with Crippen LogP contribution in [0, 0.1) is 0 Å². The third kappa shape index (κ3) is 4.06. The van der Waals surface area contributed by atoms with E-state index in [2.05, 4.69) is 34.1 Å². The Bertz CT molecular complexity index is 1600. The molecule has 208 valence electrons. The predicted octanol–water partition coefficient (Wildman–Crippen LogP) is 4.15. The van der Waals surface area contributed by atoms with Gasteiger partial charge in [-0.25, -0.2) is 14.6 Å². The monoisotopic (exact) mass is 543 g/mol. The van der Waals surface area contributed by atoms with Gasteiger partial charge in [0, 0.05) is 41.9 Å². The van der Waals surface area contributed by atoms with Gasteiger partial charge in [-0.05, 0) is 71.5 Å². The zero-order valence-electron chi connectivity index (χ0n) is 22.8. The average molecular weight is 544 g/mol. The van der Waals surface area contributed by atoms with Crippen LogP contribution >= 0.6 is 0 Å². The maximum atomic E-state index is 13.2. The summed E-state index contributed by atoms with van der Waals surface area (Å²) in [6.45, 7) is 3.11. The second-order valence-corrected chi connectivity index (χ2v) is 11.5. The van der Waals surface area contributed by atoms with Gasteiger partial charge in [0.05, 0.1) is 5.41 Å². The first-order valence-corrected chi connectivity index (χ1v) is 14.3. The highest BCUT2D eigenvalue weighted by Crippen LogP contribution is 2.47. The summed E-state index contributed by atoms with van der Waals surface area (Å²) < 4.78 is 14.0. The number of fused-ring (bicyclic) bond motifs is 3. The van der Waals surface area contributed by atoms with E-state index in [9.17, 15) is 9.90 Å². The quantitative estimate of drug-likeness (QED) is 0.391. The van der Waals surface area contributed by atoms with Crippen LogP contribution in [0.1, 0.15) is 69.6 Å². The van der Waals surface area contributed by atoms with Crippen molar-refractivity contribution in [3.63, 3.8) is 0 Å². The van der Waals surface area contributed by atoms with Crippen molar-refractivity contribution in [3.8, 4) is 29.1 Å². The van der Waals surface area contributed by atoms with Crippen LogP contribution in [0.2, 0.25) is 0 Å². The second kappa shape index (κ2) is 9.65. The summed E-state index contributed by atoms with van der Waals surface area (Å²) in [5.41, 5.74) is 1.26. The van der Waals surface area contributed by atoms with E-state index in [0.29, 0.717) is 40.9 Å². The van der Waals surface area contributed by atoms with Crippen LogP contribution in [-0.4, -0.2) is 71.4 Å². The molecule has 2 fully saturated rings. The Morgan fingerprint density at radius 1 is 1.18 bits per heavy atom. The van der Waals surface area contributed by atoms with Crippen LogP contribution in [0.15, 0.2) is 29.0 Å². The van der Waals surface area contributed by atoms with Crippen molar-refractivity contribution in [3.05, 3.63) is 35.9 Å². The number of pyridine rings is 1. The van der Waals surface area contributed by atoms with E-state index < -0.39 is 5.41 Å². The normalized spacial score (nSPS) is 24.1. The van der Waals surface area contributed by atoms with E-state index in [1.54, 1.807) is 23.0 Å². The number of aromatic hydroxyl groups is 1. The van der Waals surface area contributed by atoms with Gasteiger partial charge in [0.2, 0.25) is 11.8 Å². The minimum atomic E-state index is -0.584.